The second-order valence-corrected chi connectivity index (χ2v) is 10.8. The summed E-state index contributed by atoms with van der Waals surface area (Å²) in [6.45, 7) is 4.21. The van der Waals surface area contributed by atoms with E-state index in [0.717, 1.165) is 35.7 Å². The van der Waals surface area contributed by atoms with Crippen molar-refractivity contribution in [3.63, 3.8) is 0 Å². The second-order valence-electron chi connectivity index (χ2n) is 9.47. The molecule has 0 radical (unpaired) electrons. The minimum absolute atomic E-state index is 0. The molecule has 5 rings (SSSR count). The van der Waals surface area contributed by atoms with Gasteiger partial charge in [-0.1, -0.05) is 12.8 Å². The summed E-state index contributed by atoms with van der Waals surface area (Å²) < 4.78 is 36.2. The molecule has 196 valence electrons. The van der Waals surface area contributed by atoms with E-state index in [-0.39, 0.29) is 71.5 Å². The van der Waals surface area contributed by atoms with Gasteiger partial charge in [-0.15, -0.1) is 0 Å². The number of anilines is 3. The van der Waals surface area contributed by atoms with Crippen LogP contribution in [0.15, 0.2) is 29.3 Å². The van der Waals surface area contributed by atoms with Crippen molar-refractivity contribution in [2.24, 2.45) is 0 Å². The number of nitrogens with one attached hydrogen (secondary N) is 1. The molecule has 1 saturated carbocycles. The zero-order valence-electron chi connectivity index (χ0n) is 21.7. The van der Waals surface area contributed by atoms with Crippen molar-refractivity contribution in [1.29, 1.82) is 0 Å². The molecule has 1 aliphatic heterocycles. The van der Waals surface area contributed by atoms with Crippen molar-refractivity contribution in [1.82, 2.24) is 23.8 Å². The van der Waals surface area contributed by atoms with Crippen LogP contribution in [0.25, 0.3) is 11.0 Å². The number of carbonyl (C=O) groups is 1. The van der Waals surface area contributed by atoms with E-state index in [1.54, 1.807) is 30.0 Å². The van der Waals surface area contributed by atoms with Crippen LogP contribution in [0.3, 0.4) is 0 Å². The Labute approximate surface area is 242 Å². The molecule has 0 atom stereocenters. The third-order valence-electron chi connectivity index (χ3n) is 7.16. The van der Waals surface area contributed by atoms with Gasteiger partial charge in [-0.3, -0.25) is 14.2 Å². The third kappa shape index (κ3) is 5.63. The molecule has 2 fully saturated rings. The van der Waals surface area contributed by atoms with Crippen molar-refractivity contribution in [2.45, 2.75) is 45.6 Å². The Morgan fingerprint density at radius 2 is 1.76 bits per heavy atom. The van der Waals surface area contributed by atoms with Gasteiger partial charge >= 0.3 is 29.6 Å². The van der Waals surface area contributed by atoms with Crippen LogP contribution < -0.4 is 45.3 Å². The largest absolute Gasteiger partial charge is 1.00 e. The molecule has 0 spiro atoms. The van der Waals surface area contributed by atoms with Gasteiger partial charge in [0.25, 0.3) is 5.56 Å². The first kappa shape index (κ1) is 28.6. The molecule has 3 aromatic heterocycles. The number of aryl methyl sites for hydroxylation is 1. The molecule has 3 aromatic rings. The molecule has 38 heavy (non-hydrogen) atoms. The molecule has 1 saturated heterocycles. The number of rotatable bonds is 6. The van der Waals surface area contributed by atoms with Gasteiger partial charge in [-0.05, 0) is 44.4 Å². The van der Waals surface area contributed by atoms with E-state index in [1.807, 2.05) is 11.0 Å². The van der Waals surface area contributed by atoms with E-state index in [4.69, 9.17) is 0 Å². The summed E-state index contributed by atoms with van der Waals surface area (Å²) in [5.41, 5.74) is 1.77. The third-order valence-corrected chi connectivity index (χ3v) is 8.16. The number of ketones is 1. The quantitative estimate of drug-likeness (QED) is 0.233. The summed E-state index contributed by atoms with van der Waals surface area (Å²) in [5, 5.41) is 3.76. The minimum Gasteiger partial charge on any atom is -0.735 e. The fourth-order valence-corrected chi connectivity index (χ4v) is 5.85. The van der Waals surface area contributed by atoms with E-state index in [2.05, 4.69) is 20.3 Å². The molecule has 1 N–H and O–H groups in total. The summed E-state index contributed by atoms with van der Waals surface area (Å²) >= 11 is 0. The number of hydrogen-bond donors (Lipinski definition) is 1. The van der Waals surface area contributed by atoms with E-state index in [1.165, 1.54) is 6.92 Å². The Balaban J connectivity index is 0.00000336. The van der Waals surface area contributed by atoms with Crippen LogP contribution in [-0.2, 0) is 10.3 Å². The second kappa shape index (κ2) is 11.4. The maximum absolute atomic E-state index is 13.4. The summed E-state index contributed by atoms with van der Waals surface area (Å²) in [5.74, 6) is 0.512. The Hall–Kier alpha value is -2.42. The first-order valence-corrected chi connectivity index (χ1v) is 13.6. The molecule has 0 bridgehead atoms. The smallest absolute Gasteiger partial charge is 0.735 e. The number of hydrogen-bond acceptors (Lipinski definition) is 10. The normalized spacial score (nSPS) is 17.0. The Bertz CT molecular complexity index is 1510. The summed E-state index contributed by atoms with van der Waals surface area (Å²) in [4.78, 5) is 41.1. The van der Waals surface area contributed by atoms with Gasteiger partial charge in [0.05, 0.1) is 17.4 Å². The number of aromatic nitrogens is 4. The van der Waals surface area contributed by atoms with Crippen molar-refractivity contribution in [3.05, 3.63) is 46.0 Å². The predicted octanol–water partition coefficient (Wildman–Crippen LogP) is -0.858. The number of piperazine rings is 1. The minimum atomic E-state index is -4.43. The van der Waals surface area contributed by atoms with Crippen molar-refractivity contribution in [2.75, 3.05) is 36.4 Å². The number of nitrogens with zero attached hydrogens (tertiary/aromatic N) is 6. The fourth-order valence-electron chi connectivity index (χ4n) is 5.24. The Morgan fingerprint density at radius 3 is 2.34 bits per heavy atom. The standard InChI is InChI=1S/C24H29N7O5S.Na/c1-15-19-14-26-24(28-22(19)31(17-5-3-4-6-17)23(33)21(15)16(2)32)27-20-8-7-18(13-25-20)29-9-11-30(12-10-29)37(34,35)36;/h7-8,13-14,17H,3-6,9-12H2,1-2H3,(H,34,35,36)(H,25,26,27,28);/q;+1/p-1. The van der Waals surface area contributed by atoms with Crippen LogP contribution in [0.2, 0.25) is 0 Å². The van der Waals surface area contributed by atoms with Gasteiger partial charge in [-0.2, -0.15) is 4.98 Å². The van der Waals surface area contributed by atoms with E-state index >= 15 is 0 Å². The number of Topliss-reactive ketones (excluding diaryl/α,β-unsaturated/α-hetero) is 1. The first-order valence-electron chi connectivity index (χ1n) is 12.3. The van der Waals surface area contributed by atoms with Gasteiger partial charge in [0.1, 0.15) is 11.5 Å². The molecule has 0 aromatic carbocycles. The zero-order valence-corrected chi connectivity index (χ0v) is 24.5. The van der Waals surface area contributed by atoms with E-state index in [9.17, 15) is 22.6 Å². The number of pyridine rings is 2. The molecule has 12 nitrogen and oxygen atoms in total. The molecule has 4 heterocycles. The van der Waals surface area contributed by atoms with Crippen LogP contribution in [0, 0.1) is 6.92 Å². The molecule has 2 aliphatic rings. The van der Waals surface area contributed by atoms with Crippen LogP contribution in [0.5, 0.6) is 0 Å². The summed E-state index contributed by atoms with van der Waals surface area (Å²) in [7, 11) is -4.43. The molecule has 14 heteroatoms. The van der Waals surface area contributed by atoms with Gasteiger partial charge in [0, 0.05) is 43.8 Å². The van der Waals surface area contributed by atoms with E-state index in [0.29, 0.717) is 35.5 Å². The maximum atomic E-state index is 13.4. The van der Waals surface area contributed by atoms with Crippen molar-refractivity contribution in [3.8, 4) is 0 Å². The van der Waals surface area contributed by atoms with E-state index < -0.39 is 10.3 Å². The average molecular weight is 550 g/mol. The molecule has 1 aliphatic carbocycles. The molecule has 0 unspecified atom stereocenters. The summed E-state index contributed by atoms with van der Waals surface area (Å²) in [6.07, 6.45) is 7.06. The van der Waals surface area contributed by atoms with Crippen LogP contribution in [0.1, 0.15) is 54.6 Å². The van der Waals surface area contributed by atoms with Crippen LogP contribution in [0.4, 0.5) is 17.5 Å². The summed E-state index contributed by atoms with van der Waals surface area (Å²) in [6, 6.07) is 3.59. The average Bonchev–Trinajstić information content (AvgIpc) is 3.38. The number of fused-ring (bicyclic) bond motifs is 1. The van der Waals surface area contributed by atoms with Gasteiger partial charge in [-0.25, -0.2) is 22.7 Å². The van der Waals surface area contributed by atoms with Crippen LogP contribution >= 0.6 is 0 Å². The maximum Gasteiger partial charge on any atom is 1.00 e. The molecule has 0 amide bonds. The monoisotopic (exact) mass is 549 g/mol. The SMILES string of the molecule is CC(=O)c1c(C)c2cnc(Nc3ccc(N4CCN(S(=O)(=O)[O-])CC4)cn3)nc2n(C2CCCC2)c1=O.[Na+]. The fraction of sp³-hybridized carbons (Fsp3) is 0.458. The number of carbonyl (C=O) groups excluding carboxylic acids is 1. The predicted molar refractivity (Wildman–Crippen MR) is 137 cm³/mol. The van der Waals surface area contributed by atoms with Gasteiger partial charge < -0.3 is 14.8 Å². The Kier molecular flexibility index (Phi) is 8.55. The molecular weight excluding hydrogens is 521 g/mol. The first-order chi connectivity index (χ1) is 17.6. The van der Waals surface area contributed by atoms with Gasteiger partial charge in [0.15, 0.2) is 16.1 Å². The van der Waals surface area contributed by atoms with Crippen molar-refractivity contribution >= 4 is 44.6 Å². The zero-order chi connectivity index (χ0) is 26.3. The van der Waals surface area contributed by atoms with Crippen LogP contribution in [-0.4, -0.2) is 68.8 Å². The Morgan fingerprint density at radius 1 is 1.08 bits per heavy atom. The molecular formula is C24H28N7NaO5S. The topological polar surface area (TPSA) is 153 Å². The van der Waals surface area contributed by atoms with Crippen molar-refractivity contribution < 1.29 is 47.3 Å². The van der Waals surface area contributed by atoms with Gasteiger partial charge in [0.2, 0.25) is 5.95 Å².